The summed E-state index contributed by atoms with van der Waals surface area (Å²) in [5.41, 5.74) is 1.45. The van der Waals surface area contributed by atoms with Crippen molar-refractivity contribution in [3.63, 3.8) is 0 Å². The number of H-pyrrole nitrogens is 1. The molecule has 2 heterocycles. The van der Waals surface area contributed by atoms with Gasteiger partial charge in [-0.1, -0.05) is 0 Å². The number of anilines is 1. The van der Waals surface area contributed by atoms with E-state index in [1.807, 2.05) is 13.0 Å². The minimum atomic E-state index is -0.380. The molecule has 0 bridgehead atoms. The third-order valence-electron chi connectivity index (χ3n) is 2.34. The summed E-state index contributed by atoms with van der Waals surface area (Å²) in [6.45, 7) is 1.85. The second kappa shape index (κ2) is 4.09. The van der Waals surface area contributed by atoms with Crippen LogP contribution in [0.3, 0.4) is 0 Å². The highest BCUT2D eigenvalue weighted by atomic mass is 16.2. The minimum absolute atomic E-state index is 0.279. The minimum Gasteiger partial charge on any atom is -0.304 e. The highest BCUT2D eigenvalue weighted by molar-refractivity contribution is 6.02. The maximum Gasteiger partial charge on any atom is 0.277 e. The first kappa shape index (κ1) is 10.9. The topological polar surface area (TPSA) is 99.4 Å². The van der Waals surface area contributed by atoms with Gasteiger partial charge >= 0.3 is 0 Å². The molecule has 1 amide bonds. The van der Waals surface area contributed by atoms with E-state index < -0.39 is 0 Å². The second-order valence-electron chi connectivity index (χ2n) is 3.52. The van der Waals surface area contributed by atoms with Crippen LogP contribution >= 0.6 is 0 Å². The number of aromatic amines is 1. The van der Waals surface area contributed by atoms with Crippen molar-refractivity contribution in [3.8, 4) is 6.07 Å². The van der Waals surface area contributed by atoms with Crippen molar-refractivity contribution >= 4 is 11.7 Å². The molecule has 86 valence electrons. The van der Waals surface area contributed by atoms with Gasteiger partial charge in [0.2, 0.25) is 0 Å². The number of nitrogens with one attached hydrogen (secondary N) is 2. The number of amides is 1. The van der Waals surface area contributed by atoms with Gasteiger partial charge in [-0.15, -0.1) is 0 Å². The van der Waals surface area contributed by atoms with E-state index in [4.69, 9.17) is 5.26 Å². The molecule has 0 atom stereocenters. The van der Waals surface area contributed by atoms with E-state index in [2.05, 4.69) is 20.6 Å². The van der Waals surface area contributed by atoms with E-state index in [-0.39, 0.29) is 17.3 Å². The first-order valence-corrected chi connectivity index (χ1v) is 4.87. The van der Waals surface area contributed by atoms with Crippen LogP contribution in [0.1, 0.15) is 21.7 Å². The molecule has 2 N–H and O–H groups in total. The summed E-state index contributed by atoms with van der Waals surface area (Å²) < 4.78 is 1.60. The van der Waals surface area contributed by atoms with Crippen LogP contribution in [0.25, 0.3) is 0 Å². The fourth-order valence-electron chi connectivity index (χ4n) is 1.32. The summed E-state index contributed by atoms with van der Waals surface area (Å²) >= 11 is 0. The molecule has 0 aromatic carbocycles. The average molecular weight is 230 g/mol. The van der Waals surface area contributed by atoms with E-state index in [1.54, 1.807) is 17.8 Å². The number of carbonyl (C=O) groups is 1. The van der Waals surface area contributed by atoms with E-state index in [9.17, 15) is 4.79 Å². The Labute approximate surface area is 97.1 Å². The molecule has 0 aliphatic carbocycles. The summed E-state index contributed by atoms with van der Waals surface area (Å²) in [4.78, 5) is 11.8. The molecule has 7 nitrogen and oxygen atoms in total. The van der Waals surface area contributed by atoms with Gasteiger partial charge in [0.1, 0.15) is 17.5 Å². The van der Waals surface area contributed by atoms with E-state index >= 15 is 0 Å². The molecule has 7 heteroatoms. The standard InChI is InChI=1S/C10H10N6O/c1-6-3-8(15-16(6)2)10(17)13-9-7(4-11)5-12-14-9/h3,5H,1-2H3,(H2,12,13,14,17). The zero-order valence-electron chi connectivity index (χ0n) is 9.35. The summed E-state index contributed by atoms with van der Waals surface area (Å²) in [7, 11) is 1.75. The van der Waals surface area contributed by atoms with Crippen LogP contribution in [0.15, 0.2) is 12.3 Å². The molecule has 0 unspecified atom stereocenters. The van der Waals surface area contributed by atoms with Crippen LogP contribution < -0.4 is 5.32 Å². The summed E-state index contributed by atoms with van der Waals surface area (Å²) in [5.74, 6) is -0.102. The molecular formula is C10H10N6O. The Kier molecular flexibility index (Phi) is 2.62. The van der Waals surface area contributed by atoms with Crippen molar-refractivity contribution in [3.05, 3.63) is 29.2 Å². The SMILES string of the molecule is Cc1cc(C(=O)Nc2[nH]ncc2C#N)nn1C. The number of hydrogen-bond acceptors (Lipinski definition) is 4. The Morgan fingerprint density at radius 3 is 3.00 bits per heavy atom. The number of aryl methyl sites for hydroxylation is 2. The predicted molar refractivity (Wildman–Crippen MR) is 59.2 cm³/mol. The second-order valence-corrected chi connectivity index (χ2v) is 3.52. The van der Waals surface area contributed by atoms with Gasteiger partial charge < -0.3 is 5.32 Å². The molecule has 2 aromatic heterocycles. The Hall–Kier alpha value is -2.62. The highest BCUT2D eigenvalue weighted by Gasteiger charge is 2.14. The molecule has 2 aromatic rings. The van der Waals surface area contributed by atoms with E-state index in [1.165, 1.54) is 6.20 Å². The van der Waals surface area contributed by atoms with Gasteiger partial charge in [-0.2, -0.15) is 15.5 Å². The Morgan fingerprint density at radius 1 is 1.65 bits per heavy atom. The summed E-state index contributed by atoms with van der Waals surface area (Å²) in [6, 6.07) is 3.58. The van der Waals surface area contributed by atoms with Gasteiger partial charge in [-0.05, 0) is 13.0 Å². The largest absolute Gasteiger partial charge is 0.304 e. The van der Waals surface area contributed by atoms with Crippen LogP contribution in [-0.4, -0.2) is 25.9 Å². The zero-order valence-corrected chi connectivity index (χ0v) is 9.35. The molecule has 0 fully saturated rings. The molecule has 0 saturated carbocycles. The lowest BCUT2D eigenvalue weighted by Crippen LogP contribution is -2.14. The van der Waals surface area contributed by atoms with Crippen molar-refractivity contribution < 1.29 is 4.79 Å². The van der Waals surface area contributed by atoms with Crippen LogP contribution in [0.5, 0.6) is 0 Å². The van der Waals surface area contributed by atoms with Crippen molar-refractivity contribution in [2.45, 2.75) is 6.92 Å². The van der Waals surface area contributed by atoms with Crippen molar-refractivity contribution in [1.82, 2.24) is 20.0 Å². The normalized spacial score (nSPS) is 9.94. The third kappa shape index (κ3) is 2.01. The monoisotopic (exact) mass is 230 g/mol. The molecular weight excluding hydrogens is 220 g/mol. The first-order chi connectivity index (χ1) is 8.11. The lowest BCUT2D eigenvalue weighted by molar-refractivity contribution is 0.102. The smallest absolute Gasteiger partial charge is 0.277 e. The van der Waals surface area contributed by atoms with Crippen LogP contribution in [0.2, 0.25) is 0 Å². The molecule has 17 heavy (non-hydrogen) atoms. The quantitative estimate of drug-likeness (QED) is 0.787. The molecule has 0 aliphatic rings. The molecule has 0 radical (unpaired) electrons. The molecule has 0 aliphatic heterocycles. The number of hydrogen-bond donors (Lipinski definition) is 2. The Morgan fingerprint density at radius 2 is 2.41 bits per heavy atom. The summed E-state index contributed by atoms with van der Waals surface area (Å²) in [6.07, 6.45) is 1.35. The van der Waals surface area contributed by atoms with Crippen molar-refractivity contribution in [1.29, 1.82) is 5.26 Å². The molecule has 0 saturated heterocycles. The first-order valence-electron chi connectivity index (χ1n) is 4.87. The Bertz CT molecular complexity index is 583. The van der Waals surface area contributed by atoms with E-state index in [0.29, 0.717) is 5.69 Å². The van der Waals surface area contributed by atoms with Gasteiger partial charge in [0.05, 0.1) is 6.20 Å². The fourth-order valence-corrected chi connectivity index (χ4v) is 1.32. The molecule has 2 rings (SSSR count). The maximum atomic E-state index is 11.8. The van der Waals surface area contributed by atoms with Crippen molar-refractivity contribution in [2.75, 3.05) is 5.32 Å². The van der Waals surface area contributed by atoms with Gasteiger partial charge in [0, 0.05) is 12.7 Å². The number of nitrogens with zero attached hydrogens (tertiary/aromatic N) is 4. The highest BCUT2D eigenvalue weighted by Crippen LogP contribution is 2.11. The van der Waals surface area contributed by atoms with Crippen molar-refractivity contribution in [2.24, 2.45) is 7.05 Å². The van der Waals surface area contributed by atoms with E-state index in [0.717, 1.165) is 5.69 Å². The number of rotatable bonds is 2. The van der Waals surface area contributed by atoms with Crippen LogP contribution in [0.4, 0.5) is 5.82 Å². The number of nitriles is 1. The maximum absolute atomic E-state index is 11.8. The lowest BCUT2D eigenvalue weighted by atomic mass is 10.3. The van der Waals surface area contributed by atoms with Crippen LogP contribution in [0, 0.1) is 18.3 Å². The third-order valence-corrected chi connectivity index (χ3v) is 2.34. The Balaban J connectivity index is 2.20. The van der Waals surface area contributed by atoms with Crippen LogP contribution in [-0.2, 0) is 7.05 Å². The summed E-state index contributed by atoms with van der Waals surface area (Å²) in [5, 5.41) is 21.5. The lowest BCUT2D eigenvalue weighted by Gasteiger charge is -1.99. The zero-order chi connectivity index (χ0) is 12.4. The number of aromatic nitrogens is 4. The predicted octanol–water partition coefficient (Wildman–Crippen LogP) is 0.576. The molecule has 0 spiro atoms. The average Bonchev–Trinajstić information content (AvgIpc) is 2.86. The van der Waals surface area contributed by atoms with Gasteiger partial charge in [0.25, 0.3) is 5.91 Å². The van der Waals surface area contributed by atoms with Gasteiger partial charge in [-0.3, -0.25) is 14.6 Å². The van der Waals surface area contributed by atoms with Gasteiger partial charge in [-0.25, -0.2) is 0 Å². The fraction of sp³-hybridized carbons (Fsp3) is 0.200. The number of carbonyl (C=O) groups excluding carboxylic acids is 1. The van der Waals surface area contributed by atoms with Gasteiger partial charge in [0.15, 0.2) is 5.69 Å².